The maximum atomic E-state index is 12.4. The molecule has 25 heavy (non-hydrogen) atoms. The van der Waals surface area contributed by atoms with Crippen LogP contribution in [-0.4, -0.2) is 11.8 Å². The first-order chi connectivity index (χ1) is 12.1. The molecular weight excluding hydrogens is 314 g/mol. The Bertz CT molecular complexity index is 680. The highest BCUT2D eigenvalue weighted by atomic mass is 16.2. The van der Waals surface area contributed by atoms with Crippen molar-refractivity contribution in [3.63, 3.8) is 0 Å². The Morgan fingerprint density at radius 2 is 1.88 bits per heavy atom. The topological polar surface area (TPSA) is 82.0 Å². The molecule has 5 heteroatoms. The highest BCUT2D eigenvalue weighted by Gasteiger charge is 2.41. The normalized spacial score (nSPS) is 19.3. The van der Waals surface area contributed by atoms with E-state index in [0.717, 1.165) is 49.8 Å². The Labute approximate surface area is 148 Å². The van der Waals surface area contributed by atoms with E-state index in [1.165, 1.54) is 0 Å². The van der Waals surface area contributed by atoms with Crippen LogP contribution in [0.15, 0.2) is 24.3 Å². The summed E-state index contributed by atoms with van der Waals surface area (Å²) in [6.07, 6.45) is 7.36. The van der Waals surface area contributed by atoms with Crippen LogP contribution in [0.3, 0.4) is 0 Å². The first kappa shape index (κ1) is 17.5. The number of rotatable bonds is 5. The summed E-state index contributed by atoms with van der Waals surface area (Å²) in [5.41, 5.74) is 0.831. The molecule has 0 atom stereocenters. The van der Waals surface area contributed by atoms with E-state index in [1.807, 2.05) is 24.3 Å². The van der Waals surface area contributed by atoms with Crippen LogP contribution in [0.4, 0.5) is 5.69 Å². The summed E-state index contributed by atoms with van der Waals surface area (Å²) < 4.78 is 0. The molecule has 2 aliphatic carbocycles. The number of nitriles is 1. The van der Waals surface area contributed by atoms with E-state index in [9.17, 15) is 14.9 Å². The van der Waals surface area contributed by atoms with E-state index in [0.29, 0.717) is 19.4 Å². The van der Waals surface area contributed by atoms with Gasteiger partial charge in [-0.25, -0.2) is 0 Å². The molecule has 2 fully saturated rings. The Morgan fingerprint density at radius 3 is 2.56 bits per heavy atom. The minimum Gasteiger partial charge on any atom is -0.351 e. The van der Waals surface area contributed by atoms with Crippen molar-refractivity contribution >= 4 is 17.5 Å². The molecule has 3 rings (SSSR count). The van der Waals surface area contributed by atoms with Crippen LogP contribution in [0.1, 0.15) is 56.9 Å². The summed E-state index contributed by atoms with van der Waals surface area (Å²) in [5, 5.41) is 15.2. The molecule has 5 nitrogen and oxygen atoms in total. The third-order valence-electron chi connectivity index (χ3n) is 5.48. The van der Waals surface area contributed by atoms with Crippen molar-refractivity contribution in [2.24, 2.45) is 11.3 Å². The van der Waals surface area contributed by atoms with Gasteiger partial charge in [-0.1, -0.05) is 37.8 Å². The number of hydrogen-bond donors (Lipinski definition) is 2. The van der Waals surface area contributed by atoms with E-state index in [2.05, 4.69) is 16.7 Å². The fraction of sp³-hybridized carbons (Fsp3) is 0.550. The average Bonchev–Trinajstić information content (AvgIpc) is 3.32. The van der Waals surface area contributed by atoms with Crippen molar-refractivity contribution in [2.75, 3.05) is 5.32 Å². The first-order valence-corrected chi connectivity index (χ1v) is 9.22. The standard InChI is InChI=1S/C20H25N3O2/c21-14-20(10-3-4-11-20)19(25)22-13-15-6-5-9-17(12-15)23-18(24)16-7-1-2-8-16/h5-6,9,12,16H,1-4,7-8,10-11,13H2,(H,22,25)(H,23,24). The third-order valence-corrected chi connectivity index (χ3v) is 5.48. The van der Waals surface area contributed by atoms with Crippen LogP contribution < -0.4 is 10.6 Å². The van der Waals surface area contributed by atoms with Crippen molar-refractivity contribution in [3.05, 3.63) is 29.8 Å². The van der Waals surface area contributed by atoms with Gasteiger partial charge in [-0.15, -0.1) is 0 Å². The maximum absolute atomic E-state index is 12.4. The Kier molecular flexibility index (Phi) is 5.37. The molecule has 1 aromatic rings. The van der Waals surface area contributed by atoms with E-state index < -0.39 is 5.41 Å². The van der Waals surface area contributed by atoms with E-state index in [4.69, 9.17) is 0 Å². The van der Waals surface area contributed by atoms with E-state index >= 15 is 0 Å². The van der Waals surface area contributed by atoms with Crippen molar-refractivity contribution in [2.45, 2.75) is 57.9 Å². The molecule has 2 aliphatic rings. The van der Waals surface area contributed by atoms with Gasteiger partial charge in [-0.05, 0) is 43.4 Å². The van der Waals surface area contributed by atoms with Gasteiger partial charge in [0.05, 0.1) is 6.07 Å². The Morgan fingerprint density at radius 1 is 1.16 bits per heavy atom. The predicted octanol–water partition coefficient (Wildman–Crippen LogP) is 3.52. The lowest BCUT2D eigenvalue weighted by Crippen LogP contribution is -2.37. The molecule has 0 heterocycles. The Hall–Kier alpha value is -2.35. The number of hydrogen-bond acceptors (Lipinski definition) is 3. The SMILES string of the molecule is N#CC1(C(=O)NCc2cccc(NC(=O)C3CCCC3)c2)CCCC1. The van der Waals surface area contributed by atoms with Crippen molar-refractivity contribution in [1.82, 2.24) is 5.32 Å². The van der Waals surface area contributed by atoms with E-state index in [1.54, 1.807) is 0 Å². The molecular formula is C20H25N3O2. The second kappa shape index (κ2) is 7.69. The molecule has 0 unspecified atom stereocenters. The van der Waals surface area contributed by atoms with Crippen LogP contribution in [-0.2, 0) is 16.1 Å². The van der Waals surface area contributed by atoms with Gasteiger partial charge in [0.15, 0.2) is 0 Å². The van der Waals surface area contributed by atoms with Crippen LogP contribution in [0, 0.1) is 22.7 Å². The lowest BCUT2D eigenvalue weighted by molar-refractivity contribution is -0.128. The van der Waals surface area contributed by atoms with Crippen LogP contribution >= 0.6 is 0 Å². The molecule has 0 aliphatic heterocycles. The third kappa shape index (κ3) is 4.01. The number of amides is 2. The zero-order chi connectivity index (χ0) is 17.7. The second-order valence-corrected chi connectivity index (χ2v) is 7.25. The molecule has 0 aromatic heterocycles. The molecule has 132 valence electrons. The monoisotopic (exact) mass is 339 g/mol. The molecule has 0 spiro atoms. The van der Waals surface area contributed by atoms with Crippen LogP contribution in [0.5, 0.6) is 0 Å². The minimum atomic E-state index is -0.853. The molecule has 0 radical (unpaired) electrons. The molecule has 0 bridgehead atoms. The Balaban J connectivity index is 1.57. The van der Waals surface area contributed by atoms with Gasteiger partial charge in [0.2, 0.25) is 11.8 Å². The quantitative estimate of drug-likeness (QED) is 0.861. The zero-order valence-electron chi connectivity index (χ0n) is 14.5. The fourth-order valence-corrected chi connectivity index (χ4v) is 3.91. The molecule has 1 aromatic carbocycles. The van der Waals surface area contributed by atoms with Gasteiger partial charge >= 0.3 is 0 Å². The van der Waals surface area contributed by atoms with Gasteiger partial charge in [-0.3, -0.25) is 9.59 Å². The summed E-state index contributed by atoms with van der Waals surface area (Å²) in [5.74, 6) is 0.0437. The van der Waals surface area contributed by atoms with Crippen LogP contribution in [0.25, 0.3) is 0 Å². The first-order valence-electron chi connectivity index (χ1n) is 9.22. The summed E-state index contributed by atoms with van der Waals surface area (Å²) in [7, 11) is 0. The second-order valence-electron chi connectivity index (χ2n) is 7.25. The van der Waals surface area contributed by atoms with Gasteiger partial charge in [0.25, 0.3) is 0 Å². The minimum absolute atomic E-state index is 0.0908. The summed E-state index contributed by atoms with van der Waals surface area (Å²) in [4.78, 5) is 24.6. The maximum Gasteiger partial charge on any atom is 0.240 e. The molecule has 0 saturated heterocycles. The molecule has 2 saturated carbocycles. The number of nitrogens with one attached hydrogen (secondary N) is 2. The van der Waals surface area contributed by atoms with Crippen molar-refractivity contribution < 1.29 is 9.59 Å². The zero-order valence-corrected chi connectivity index (χ0v) is 14.5. The lowest BCUT2D eigenvalue weighted by atomic mass is 9.87. The molecule has 2 N–H and O–H groups in total. The largest absolute Gasteiger partial charge is 0.351 e. The number of carbonyl (C=O) groups excluding carboxylic acids is 2. The highest BCUT2D eigenvalue weighted by Crippen LogP contribution is 2.37. The van der Waals surface area contributed by atoms with Gasteiger partial charge < -0.3 is 10.6 Å². The van der Waals surface area contributed by atoms with Gasteiger partial charge in [0.1, 0.15) is 5.41 Å². The van der Waals surface area contributed by atoms with Crippen molar-refractivity contribution in [3.8, 4) is 6.07 Å². The van der Waals surface area contributed by atoms with E-state index in [-0.39, 0.29) is 17.7 Å². The number of carbonyl (C=O) groups is 2. The van der Waals surface area contributed by atoms with Gasteiger partial charge in [0, 0.05) is 18.2 Å². The van der Waals surface area contributed by atoms with Crippen LogP contribution in [0.2, 0.25) is 0 Å². The smallest absolute Gasteiger partial charge is 0.240 e. The average molecular weight is 339 g/mol. The summed E-state index contributed by atoms with van der Waals surface area (Å²) in [6.45, 7) is 0.370. The predicted molar refractivity (Wildman–Crippen MR) is 95.4 cm³/mol. The van der Waals surface area contributed by atoms with Gasteiger partial charge in [-0.2, -0.15) is 5.26 Å². The molecule has 2 amide bonds. The number of nitrogens with zero attached hydrogens (tertiary/aromatic N) is 1. The van der Waals surface area contributed by atoms with Crippen molar-refractivity contribution in [1.29, 1.82) is 5.26 Å². The summed E-state index contributed by atoms with van der Waals surface area (Å²) >= 11 is 0. The number of anilines is 1. The fourth-order valence-electron chi connectivity index (χ4n) is 3.91. The number of benzene rings is 1. The lowest BCUT2D eigenvalue weighted by Gasteiger charge is -2.19. The highest BCUT2D eigenvalue weighted by molar-refractivity contribution is 5.92. The summed E-state index contributed by atoms with van der Waals surface area (Å²) in [6, 6.07) is 9.76.